The van der Waals surface area contributed by atoms with Crippen molar-refractivity contribution >= 4 is 34.7 Å². The number of rotatable bonds is 4. The normalized spacial score (nSPS) is 11.1. The minimum absolute atomic E-state index is 0.666. The lowest BCUT2D eigenvalue weighted by molar-refractivity contribution is 1.41. The molecule has 4 aromatic carbocycles. The second-order valence-corrected chi connectivity index (χ2v) is 9.08. The molecule has 0 N–H and O–H groups in total. The van der Waals surface area contributed by atoms with Gasteiger partial charge in [-0.05, 0) is 47.1 Å². The zero-order valence-electron chi connectivity index (χ0n) is 15.9. The Hall–Kier alpha value is -3.28. The monoisotopic (exact) mass is 389 g/mol. The van der Waals surface area contributed by atoms with E-state index in [1.54, 1.807) is 0 Å². The zero-order chi connectivity index (χ0) is 19.5. The van der Waals surface area contributed by atoms with Gasteiger partial charge in [0.2, 0.25) is 0 Å². The third-order valence-corrected chi connectivity index (χ3v) is 7.61. The van der Waals surface area contributed by atoms with Crippen LogP contribution < -0.4 is 15.9 Å². The molecule has 0 atom stereocenters. The largest absolute Gasteiger partial charge is 0.256 e. The van der Waals surface area contributed by atoms with Crippen molar-refractivity contribution in [1.29, 1.82) is 0 Å². The first-order valence-corrected chi connectivity index (χ1v) is 11.1. The summed E-state index contributed by atoms with van der Waals surface area (Å²) >= 11 is 0. The molecule has 1 heterocycles. The van der Waals surface area contributed by atoms with Crippen molar-refractivity contribution in [2.75, 3.05) is 0 Å². The average Bonchev–Trinajstić information content (AvgIpc) is 2.81. The Balaban J connectivity index is 1.77. The molecule has 0 bridgehead atoms. The average molecular weight is 389 g/mol. The molecule has 0 saturated heterocycles. The first-order chi connectivity index (χ1) is 14.4. The predicted octanol–water partition coefficient (Wildman–Crippen LogP) is 5.66. The van der Waals surface area contributed by atoms with Crippen LogP contribution >= 0.6 is 7.92 Å². The SMILES string of the molecule is c1ccc(P(c2ccccc2)c2ccccc2-c2ccnc3ccccc23)cc1. The molecule has 0 unspecified atom stereocenters. The molecule has 2 heteroatoms. The second-order valence-electron chi connectivity index (χ2n) is 6.90. The van der Waals surface area contributed by atoms with Crippen LogP contribution in [-0.2, 0) is 0 Å². The smallest absolute Gasteiger partial charge is 0.0708 e. The molecule has 138 valence electrons. The lowest BCUT2D eigenvalue weighted by Crippen LogP contribution is -2.22. The molecule has 1 aromatic heterocycles. The van der Waals surface area contributed by atoms with Gasteiger partial charge in [-0.1, -0.05) is 103 Å². The van der Waals surface area contributed by atoms with Crippen LogP contribution in [0.15, 0.2) is 121 Å². The number of hydrogen-bond donors (Lipinski definition) is 0. The van der Waals surface area contributed by atoms with Crippen LogP contribution in [0.2, 0.25) is 0 Å². The summed E-state index contributed by atoms with van der Waals surface area (Å²) in [6.45, 7) is 0. The van der Waals surface area contributed by atoms with Crippen molar-refractivity contribution in [2.24, 2.45) is 0 Å². The molecule has 0 spiro atoms. The standard InChI is InChI=1S/C27H20NP/c1-3-11-21(12-4-1)29(22-13-5-2-6-14-22)27-18-10-8-16-25(27)23-19-20-28-26-17-9-7-15-24(23)26/h1-20H. The first kappa shape index (κ1) is 17.8. The summed E-state index contributed by atoms with van der Waals surface area (Å²) < 4.78 is 0. The molecule has 0 aliphatic rings. The highest BCUT2D eigenvalue weighted by atomic mass is 31.1. The van der Waals surface area contributed by atoms with Crippen molar-refractivity contribution in [3.63, 3.8) is 0 Å². The molecule has 0 aliphatic carbocycles. The molecule has 5 aromatic rings. The van der Waals surface area contributed by atoms with E-state index < -0.39 is 7.92 Å². The third kappa shape index (κ3) is 3.46. The Morgan fingerprint density at radius 1 is 0.483 bits per heavy atom. The van der Waals surface area contributed by atoms with E-state index in [0.29, 0.717) is 0 Å². The quantitative estimate of drug-likeness (QED) is 0.362. The van der Waals surface area contributed by atoms with Gasteiger partial charge >= 0.3 is 0 Å². The second kappa shape index (κ2) is 7.99. The van der Waals surface area contributed by atoms with Gasteiger partial charge < -0.3 is 0 Å². The molecule has 0 aliphatic heterocycles. The molecular formula is C27H20NP. The van der Waals surface area contributed by atoms with Crippen LogP contribution in [0, 0.1) is 0 Å². The van der Waals surface area contributed by atoms with Crippen molar-refractivity contribution in [2.45, 2.75) is 0 Å². The van der Waals surface area contributed by atoms with Gasteiger partial charge in [-0.25, -0.2) is 0 Å². The van der Waals surface area contributed by atoms with E-state index in [-0.39, 0.29) is 0 Å². The van der Waals surface area contributed by atoms with E-state index in [4.69, 9.17) is 0 Å². The van der Waals surface area contributed by atoms with Gasteiger partial charge in [0.25, 0.3) is 0 Å². The van der Waals surface area contributed by atoms with E-state index in [9.17, 15) is 0 Å². The van der Waals surface area contributed by atoms with Crippen LogP contribution in [0.4, 0.5) is 0 Å². The fourth-order valence-electron chi connectivity index (χ4n) is 3.81. The summed E-state index contributed by atoms with van der Waals surface area (Å²) in [4.78, 5) is 4.56. The Morgan fingerprint density at radius 2 is 1.07 bits per heavy atom. The zero-order valence-corrected chi connectivity index (χ0v) is 16.8. The molecule has 1 nitrogen and oxygen atoms in total. The van der Waals surface area contributed by atoms with Gasteiger partial charge in [-0.3, -0.25) is 4.98 Å². The maximum atomic E-state index is 4.56. The van der Waals surface area contributed by atoms with Crippen LogP contribution in [0.3, 0.4) is 0 Å². The summed E-state index contributed by atoms with van der Waals surface area (Å²) in [5.41, 5.74) is 3.55. The lowest BCUT2D eigenvalue weighted by Gasteiger charge is -2.23. The lowest BCUT2D eigenvalue weighted by atomic mass is 10.0. The summed E-state index contributed by atoms with van der Waals surface area (Å²) in [5, 5.41) is 5.29. The predicted molar refractivity (Wildman–Crippen MR) is 126 cm³/mol. The summed E-state index contributed by atoms with van der Waals surface area (Å²) in [6.07, 6.45) is 1.92. The number of aromatic nitrogens is 1. The van der Waals surface area contributed by atoms with Crippen molar-refractivity contribution in [3.8, 4) is 11.1 Å². The fraction of sp³-hybridized carbons (Fsp3) is 0. The highest BCUT2D eigenvalue weighted by Gasteiger charge is 2.20. The topological polar surface area (TPSA) is 12.9 Å². The third-order valence-electron chi connectivity index (χ3n) is 5.11. The van der Waals surface area contributed by atoms with Crippen molar-refractivity contribution < 1.29 is 0 Å². The Kier molecular flexibility index (Phi) is 4.90. The number of nitrogens with zero attached hydrogens (tertiary/aromatic N) is 1. The van der Waals surface area contributed by atoms with Gasteiger partial charge in [-0.15, -0.1) is 0 Å². The van der Waals surface area contributed by atoms with E-state index in [1.807, 2.05) is 12.3 Å². The first-order valence-electron chi connectivity index (χ1n) is 9.75. The molecule has 0 saturated carbocycles. The number of hydrogen-bond acceptors (Lipinski definition) is 1. The highest BCUT2D eigenvalue weighted by Crippen LogP contribution is 2.38. The van der Waals surface area contributed by atoms with E-state index >= 15 is 0 Å². The van der Waals surface area contributed by atoms with Crippen molar-refractivity contribution in [3.05, 3.63) is 121 Å². The minimum atomic E-state index is -0.666. The fourth-order valence-corrected chi connectivity index (χ4v) is 6.27. The molecule has 0 amide bonds. The van der Waals surface area contributed by atoms with E-state index in [1.165, 1.54) is 32.4 Å². The molecule has 0 fully saturated rings. The van der Waals surface area contributed by atoms with Gasteiger partial charge in [0.15, 0.2) is 0 Å². The molecule has 5 rings (SSSR count). The Bertz CT molecular complexity index is 1200. The number of para-hydroxylation sites is 1. The number of pyridine rings is 1. The Labute approximate surface area is 172 Å². The summed E-state index contributed by atoms with van der Waals surface area (Å²) in [6, 6.07) is 41.1. The van der Waals surface area contributed by atoms with Crippen molar-refractivity contribution in [1.82, 2.24) is 4.98 Å². The minimum Gasteiger partial charge on any atom is -0.256 e. The number of benzene rings is 4. The van der Waals surface area contributed by atoms with Crippen LogP contribution in [0.25, 0.3) is 22.0 Å². The van der Waals surface area contributed by atoms with E-state index in [0.717, 1.165) is 5.52 Å². The van der Waals surface area contributed by atoms with Gasteiger partial charge in [-0.2, -0.15) is 0 Å². The van der Waals surface area contributed by atoms with Gasteiger partial charge in [0.1, 0.15) is 0 Å². The van der Waals surface area contributed by atoms with E-state index in [2.05, 4.69) is 114 Å². The van der Waals surface area contributed by atoms with Crippen LogP contribution in [0.5, 0.6) is 0 Å². The molecule has 0 radical (unpaired) electrons. The van der Waals surface area contributed by atoms with Crippen LogP contribution in [-0.4, -0.2) is 4.98 Å². The summed E-state index contributed by atoms with van der Waals surface area (Å²) in [5.74, 6) is 0. The molecule has 29 heavy (non-hydrogen) atoms. The van der Waals surface area contributed by atoms with Gasteiger partial charge in [0, 0.05) is 11.6 Å². The van der Waals surface area contributed by atoms with Crippen LogP contribution in [0.1, 0.15) is 0 Å². The Morgan fingerprint density at radius 3 is 1.79 bits per heavy atom. The van der Waals surface area contributed by atoms with Gasteiger partial charge in [0.05, 0.1) is 5.52 Å². The highest BCUT2D eigenvalue weighted by molar-refractivity contribution is 7.80. The summed E-state index contributed by atoms with van der Waals surface area (Å²) in [7, 11) is -0.666. The number of fused-ring (bicyclic) bond motifs is 1. The maximum absolute atomic E-state index is 4.56. The molecular weight excluding hydrogens is 369 g/mol. The maximum Gasteiger partial charge on any atom is 0.0708 e.